The average molecular weight is 1040 g/mol. The van der Waals surface area contributed by atoms with E-state index in [0.29, 0.717) is 0 Å². The Morgan fingerprint density at radius 1 is 0.289 bits per heavy atom. The Kier molecular flexibility index (Phi) is 32.9. The van der Waals surface area contributed by atoms with Crippen LogP contribution in [0.15, 0.2) is 54.6 Å². The second kappa shape index (κ2) is 39.3. The van der Waals surface area contributed by atoms with Crippen LogP contribution in [0.1, 0.15) is 273 Å². The summed E-state index contributed by atoms with van der Waals surface area (Å²) in [6.07, 6.45) is 53.9. The van der Waals surface area contributed by atoms with Gasteiger partial charge in [-0.05, 0) is 139 Å². The molecule has 4 aromatic rings. The minimum absolute atomic E-state index is 0.717. The zero-order valence-corrected chi connectivity index (χ0v) is 49.4. The van der Waals surface area contributed by atoms with Crippen LogP contribution in [-0.2, 0) is 25.7 Å². The molecule has 418 valence electrons. The first kappa shape index (κ1) is 63.5. The predicted octanol–water partition coefficient (Wildman–Crippen LogP) is 21.2. The van der Waals surface area contributed by atoms with Gasteiger partial charge < -0.3 is 18.9 Å². The number of hydrogen-bond acceptors (Lipinski definition) is 5. The Morgan fingerprint density at radius 3 is 0.882 bits per heavy atom. The van der Waals surface area contributed by atoms with E-state index in [0.717, 1.165) is 108 Å². The van der Waals surface area contributed by atoms with Crippen molar-refractivity contribution in [3.8, 4) is 23.0 Å². The molecule has 0 saturated heterocycles. The minimum atomic E-state index is 0.717. The van der Waals surface area contributed by atoms with E-state index in [1.165, 1.54) is 188 Å². The second-order valence-corrected chi connectivity index (χ2v) is 21.5. The van der Waals surface area contributed by atoms with Crippen molar-refractivity contribution in [2.24, 2.45) is 0 Å². The molecule has 0 fully saturated rings. The summed E-state index contributed by atoms with van der Waals surface area (Å²) in [5.41, 5.74) is 12.5. The van der Waals surface area contributed by atoms with Crippen molar-refractivity contribution >= 4 is 42.7 Å². The number of benzene rings is 4. The molecule has 0 atom stereocenters. The molecule has 0 saturated carbocycles. The molecule has 4 rings (SSSR count). The van der Waals surface area contributed by atoms with Gasteiger partial charge >= 0.3 is 0 Å². The van der Waals surface area contributed by atoms with Crippen LogP contribution >= 0.6 is 0 Å². The lowest BCUT2D eigenvalue weighted by Crippen LogP contribution is -1.98. The molecule has 0 heterocycles. The fourth-order valence-corrected chi connectivity index (χ4v) is 10.7. The van der Waals surface area contributed by atoms with Crippen molar-refractivity contribution < 1.29 is 23.7 Å². The number of aryl methyl sites for hydroxylation is 4. The average Bonchev–Trinajstić information content (AvgIpc) is 3.44. The van der Waals surface area contributed by atoms with Gasteiger partial charge in [0, 0.05) is 22.3 Å². The van der Waals surface area contributed by atoms with E-state index in [1.807, 2.05) is 6.07 Å². The van der Waals surface area contributed by atoms with E-state index in [9.17, 15) is 4.79 Å². The summed E-state index contributed by atoms with van der Waals surface area (Å²) in [4.78, 5) is 12.3. The normalized spacial score (nSPS) is 11.7. The molecule has 76 heavy (non-hydrogen) atoms. The molecule has 0 aliphatic heterocycles. The molecule has 0 aliphatic carbocycles. The highest BCUT2D eigenvalue weighted by Crippen LogP contribution is 2.34. The molecule has 0 radical (unpaired) electrons. The van der Waals surface area contributed by atoms with Crippen molar-refractivity contribution in [1.29, 1.82) is 0 Å². The number of hydrogen-bond donors (Lipinski definition) is 0. The summed E-state index contributed by atoms with van der Waals surface area (Å²) in [5.74, 6) is 3.31. The van der Waals surface area contributed by atoms with Crippen molar-refractivity contribution in [1.82, 2.24) is 0 Å². The van der Waals surface area contributed by atoms with Crippen LogP contribution in [-0.4, -0.2) is 34.7 Å². The summed E-state index contributed by atoms with van der Waals surface area (Å²) < 4.78 is 24.0. The summed E-state index contributed by atoms with van der Waals surface area (Å²) >= 11 is 0. The molecule has 0 spiro atoms. The smallest absolute Gasteiger partial charge is 0.150 e. The van der Waals surface area contributed by atoms with Gasteiger partial charge in [-0.1, -0.05) is 224 Å². The quantitative estimate of drug-likeness (QED) is 0.0251. The predicted molar refractivity (Wildman–Crippen MR) is 331 cm³/mol. The third-order valence-corrected chi connectivity index (χ3v) is 15.5. The summed E-state index contributed by atoms with van der Waals surface area (Å²) in [5, 5.41) is 0. The van der Waals surface area contributed by atoms with Gasteiger partial charge in [0.05, 0.1) is 28.4 Å². The Morgan fingerprint density at radius 2 is 0.566 bits per heavy atom. The molecule has 0 amide bonds. The lowest BCUT2D eigenvalue weighted by molar-refractivity contribution is 0.112. The van der Waals surface area contributed by atoms with Gasteiger partial charge in [0.25, 0.3) is 0 Å². The van der Waals surface area contributed by atoms with Gasteiger partial charge in [-0.25, -0.2) is 0 Å². The van der Waals surface area contributed by atoms with Gasteiger partial charge in [0.15, 0.2) is 0 Å². The number of aldehydes is 1. The zero-order chi connectivity index (χ0) is 54.4. The number of carbonyl (C=O) groups excluding carboxylic acids is 1. The van der Waals surface area contributed by atoms with E-state index < -0.39 is 0 Å². The van der Waals surface area contributed by atoms with Crippen LogP contribution in [0.5, 0.6) is 23.0 Å². The molecule has 4 aromatic carbocycles. The summed E-state index contributed by atoms with van der Waals surface area (Å²) in [6.45, 7) is 9.12. The first-order valence-corrected chi connectivity index (χ1v) is 30.7. The maximum absolute atomic E-state index is 12.3. The lowest BCUT2D eigenvalue weighted by Gasteiger charge is -2.15. The number of carbonyl (C=O) groups is 1. The van der Waals surface area contributed by atoms with Crippen molar-refractivity contribution in [3.05, 3.63) is 116 Å². The first-order valence-electron chi connectivity index (χ1n) is 30.7. The maximum atomic E-state index is 12.3. The summed E-state index contributed by atoms with van der Waals surface area (Å²) in [7, 11) is 7.03. The van der Waals surface area contributed by atoms with Crippen LogP contribution in [0.4, 0.5) is 0 Å². The highest BCUT2D eigenvalue weighted by atomic mass is 16.5. The fourth-order valence-electron chi connectivity index (χ4n) is 10.7. The summed E-state index contributed by atoms with van der Waals surface area (Å²) in [6, 6.07) is 19.8. The van der Waals surface area contributed by atoms with E-state index in [4.69, 9.17) is 18.9 Å². The third-order valence-electron chi connectivity index (χ3n) is 15.5. The van der Waals surface area contributed by atoms with Crippen molar-refractivity contribution in [2.75, 3.05) is 28.4 Å². The molecule has 0 aromatic heterocycles. The Labute approximate surface area is 464 Å². The number of unbranched alkanes of at least 4 members (excludes halogenated alkanes) is 24. The molecule has 0 N–H and O–H groups in total. The minimum Gasteiger partial charge on any atom is -0.497 e. The lowest BCUT2D eigenvalue weighted by atomic mass is 9.93. The SMILES string of the molecule is CCCCCCCCCc1cc(/C=C/c2cc(OC)c(/C=C/c3cc(OC)c(/C=C/c4cc(OC)ccc4CCCCCCCCC)cc3CCCCCCCCC)cc2CCCCCCCCC)c(OC)cc1C=O. The second-order valence-electron chi connectivity index (χ2n) is 21.5. The zero-order valence-electron chi connectivity index (χ0n) is 49.4. The topological polar surface area (TPSA) is 54.0 Å². The van der Waals surface area contributed by atoms with Crippen LogP contribution in [0.2, 0.25) is 0 Å². The largest absolute Gasteiger partial charge is 0.497 e. The molecule has 0 unspecified atom stereocenters. The fraction of sp³-hybridized carbons (Fsp3) is 0.563. The van der Waals surface area contributed by atoms with Gasteiger partial charge in [-0.3, -0.25) is 4.79 Å². The van der Waals surface area contributed by atoms with E-state index in [1.54, 1.807) is 28.4 Å². The molecule has 0 bridgehead atoms. The first-order chi connectivity index (χ1) is 37.4. The molecule has 5 heteroatoms. The van der Waals surface area contributed by atoms with Gasteiger partial charge in [0.2, 0.25) is 0 Å². The van der Waals surface area contributed by atoms with E-state index in [-0.39, 0.29) is 0 Å². The van der Waals surface area contributed by atoms with Gasteiger partial charge in [-0.2, -0.15) is 0 Å². The van der Waals surface area contributed by atoms with Crippen LogP contribution in [0.3, 0.4) is 0 Å². The van der Waals surface area contributed by atoms with Crippen LogP contribution < -0.4 is 18.9 Å². The Bertz CT molecular complexity index is 2310. The number of rotatable bonds is 43. The molecule has 5 nitrogen and oxygen atoms in total. The van der Waals surface area contributed by atoms with Gasteiger partial charge in [-0.15, -0.1) is 0 Å². The highest BCUT2D eigenvalue weighted by molar-refractivity contribution is 5.84. The van der Waals surface area contributed by atoms with Crippen molar-refractivity contribution in [2.45, 2.75) is 233 Å². The Balaban J connectivity index is 1.71. The molecular weight excluding hydrogens is 933 g/mol. The molecular formula is C71H104O5. The van der Waals surface area contributed by atoms with Gasteiger partial charge in [0.1, 0.15) is 29.3 Å². The van der Waals surface area contributed by atoms with Crippen LogP contribution in [0.25, 0.3) is 36.5 Å². The standard InChI is InChI=1S/C71H104O5/c1-9-13-17-21-25-29-33-37-57-47-48-68(73-5)52-61(57)41-44-64-49-58(38-34-30-26-22-18-14-10-2)62(53-69(64)74-6)42-45-65-50-59(39-35-31-27-23-19-15-11-3)63(54-70(65)75-7)43-46-66-51-60(67(56-72)55-71(66)76-8)40-36-32-28-24-20-16-12-4/h41-56H,9-40H2,1-8H3/b44-41+,45-42+,46-43+. The molecule has 0 aliphatic rings. The number of methoxy groups -OCH3 is 4. The monoisotopic (exact) mass is 1040 g/mol. The van der Waals surface area contributed by atoms with Crippen LogP contribution in [0, 0.1) is 0 Å². The number of ether oxygens (including phenoxy) is 4. The van der Waals surface area contributed by atoms with E-state index in [2.05, 4.69) is 113 Å². The van der Waals surface area contributed by atoms with E-state index >= 15 is 0 Å². The Hall–Kier alpha value is -5.03. The highest BCUT2D eigenvalue weighted by Gasteiger charge is 2.14. The maximum Gasteiger partial charge on any atom is 0.150 e. The van der Waals surface area contributed by atoms with Crippen molar-refractivity contribution in [3.63, 3.8) is 0 Å². The third kappa shape index (κ3) is 23.3.